The van der Waals surface area contributed by atoms with Gasteiger partial charge in [-0.15, -0.1) is 0 Å². The number of hydrogen-bond donors (Lipinski definition) is 3. The van der Waals surface area contributed by atoms with Crippen molar-refractivity contribution in [1.82, 2.24) is 15.0 Å². The second kappa shape index (κ2) is 5.76. The maximum atomic E-state index is 14.6. The van der Waals surface area contributed by atoms with E-state index >= 15 is 0 Å². The minimum atomic E-state index is -0.353. The fraction of sp³-hybridized carbons (Fsp3) is 0.333. The first-order chi connectivity index (χ1) is 10.5. The van der Waals surface area contributed by atoms with Gasteiger partial charge in [0.1, 0.15) is 23.0 Å². The van der Waals surface area contributed by atoms with Crippen LogP contribution in [0.25, 0.3) is 11.0 Å². The highest BCUT2D eigenvalue weighted by atomic mass is 19.1. The highest BCUT2D eigenvalue weighted by Crippen LogP contribution is 2.27. The van der Waals surface area contributed by atoms with Gasteiger partial charge in [0.05, 0.1) is 23.9 Å². The minimum Gasteiger partial charge on any atom is -0.467 e. The van der Waals surface area contributed by atoms with Gasteiger partial charge >= 0.3 is 0 Å². The van der Waals surface area contributed by atoms with Crippen LogP contribution in [0.5, 0.6) is 0 Å². The number of rotatable bonds is 5. The average molecular weight is 303 g/mol. The molecule has 0 aromatic carbocycles. The number of fused-ring (bicyclic) bond motifs is 1. The Hall–Kier alpha value is -2.41. The molecule has 0 spiro atoms. The first kappa shape index (κ1) is 14.5. The molecule has 3 aromatic rings. The number of aromatic amines is 1. The number of nitrogens with zero attached hydrogens (tertiary/aromatic N) is 2. The Labute approximate surface area is 126 Å². The summed E-state index contributed by atoms with van der Waals surface area (Å²) in [6.07, 6.45) is 2.01. The van der Waals surface area contributed by atoms with Crippen LogP contribution in [0.4, 0.5) is 10.2 Å². The normalized spacial score (nSPS) is 12.7. The lowest BCUT2D eigenvalue weighted by Crippen LogP contribution is -2.18. The lowest BCUT2D eigenvalue weighted by atomic mass is 10.2. The number of halogens is 1. The molecule has 7 heteroatoms. The monoisotopic (exact) mass is 303 g/mol. The number of anilines is 1. The summed E-state index contributed by atoms with van der Waals surface area (Å²) in [4.78, 5) is 11.6. The summed E-state index contributed by atoms with van der Waals surface area (Å²) in [6, 6.07) is 3.50. The van der Waals surface area contributed by atoms with E-state index in [1.165, 1.54) is 0 Å². The second-order valence-electron chi connectivity index (χ2n) is 5.37. The van der Waals surface area contributed by atoms with Crippen LogP contribution in [0.3, 0.4) is 0 Å². The molecule has 3 heterocycles. The van der Waals surface area contributed by atoms with E-state index in [0.717, 1.165) is 5.76 Å². The minimum absolute atomic E-state index is 0.142. The zero-order chi connectivity index (χ0) is 15.7. The number of nitrogens with two attached hydrogens (primary N) is 1. The van der Waals surface area contributed by atoms with Crippen LogP contribution in [0.1, 0.15) is 24.2 Å². The molecule has 0 amide bonds. The first-order valence-corrected chi connectivity index (χ1v) is 7.11. The van der Waals surface area contributed by atoms with E-state index in [9.17, 15) is 4.39 Å². The van der Waals surface area contributed by atoms with E-state index in [2.05, 4.69) is 20.3 Å². The van der Waals surface area contributed by atoms with Crippen LogP contribution in [0.2, 0.25) is 0 Å². The van der Waals surface area contributed by atoms with Crippen LogP contribution in [0.15, 0.2) is 22.8 Å². The van der Waals surface area contributed by atoms with Gasteiger partial charge in [0.25, 0.3) is 0 Å². The molecule has 22 heavy (non-hydrogen) atoms. The van der Waals surface area contributed by atoms with E-state index in [1.807, 2.05) is 13.0 Å². The molecule has 0 fully saturated rings. The molecule has 6 nitrogen and oxygen atoms in total. The topological polar surface area (TPSA) is 92.8 Å². The molecule has 4 N–H and O–H groups in total. The third-order valence-electron chi connectivity index (χ3n) is 3.31. The summed E-state index contributed by atoms with van der Waals surface area (Å²) in [5.74, 6) is 1.40. The highest BCUT2D eigenvalue weighted by Gasteiger charge is 2.18. The van der Waals surface area contributed by atoms with Gasteiger partial charge in [-0.25, -0.2) is 14.4 Å². The molecular weight excluding hydrogens is 285 g/mol. The molecule has 0 radical (unpaired) electrons. The Bertz CT molecular complexity index is 779. The van der Waals surface area contributed by atoms with Crippen molar-refractivity contribution in [3.05, 3.63) is 41.5 Å². The number of aromatic nitrogens is 3. The van der Waals surface area contributed by atoms with Crippen molar-refractivity contribution in [2.45, 2.75) is 32.9 Å². The third kappa shape index (κ3) is 2.80. The summed E-state index contributed by atoms with van der Waals surface area (Å²) >= 11 is 0. The Morgan fingerprint density at radius 2 is 2.27 bits per heavy atom. The summed E-state index contributed by atoms with van der Waals surface area (Å²) in [5.41, 5.74) is 6.68. The zero-order valence-electron chi connectivity index (χ0n) is 12.5. The van der Waals surface area contributed by atoms with Crippen LogP contribution in [-0.2, 0) is 13.0 Å². The van der Waals surface area contributed by atoms with Crippen LogP contribution < -0.4 is 11.1 Å². The molecule has 0 aliphatic heterocycles. The predicted molar refractivity (Wildman–Crippen MR) is 82.0 cm³/mol. The van der Waals surface area contributed by atoms with E-state index in [-0.39, 0.29) is 11.9 Å². The van der Waals surface area contributed by atoms with Gasteiger partial charge in [-0.2, -0.15) is 0 Å². The molecule has 1 atom stereocenters. The summed E-state index contributed by atoms with van der Waals surface area (Å²) in [5, 5.41) is 3.46. The van der Waals surface area contributed by atoms with Gasteiger partial charge in [-0.05, 0) is 26.0 Å². The molecule has 0 aliphatic rings. The second-order valence-corrected chi connectivity index (χ2v) is 5.37. The standard InChI is InChI=1S/C15H18FN5O/c1-8(17)6-11-13(16)12-14(18-7-10-4-3-5-22-10)19-9(2)20-15(12)21-11/h3-5,8H,6-7,17H2,1-2H3,(H2,18,19,20,21)/t8-/m0/s1. The molecular formula is C15H18FN5O. The van der Waals surface area contributed by atoms with Gasteiger partial charge < -0.3 is 20.5 Å². The van der Waals surface area contributed by atoms with Crippen LogP contribution in [-0.4, -0.2) is 21.0 Å². The molecule has 0 aliphatic carbocycles. The van der Waals surface area contributed by atoms with Gasteiger partial charge in [-0.1, -0.05) is 0 Å². The third-order valence-corrected chi connectivity index (χ3v) is 3.31. The van der Waals surface area contributed by atoms with Crippen molar-refractivity contribution in [3.8, 4) is 0 Å². The largest absolute Gasteiger partial charge is 0.467 e. The number of furan rings is 1. The Morgan fingerprint density at radius 3 is 2.95 bits per heavy atom. The van der Waals surface area contributed by atoms with Crippen molar-refractivity contribution in [2.24, 2.45) is 5.73 Å². The fourth-order valence-electron chi connectivity index (χ4n) is 2.39. The number of aryl methyl sites for hydroxylation is 1. The van der Waals surface area contributed by atoms with Crippen LogP contribution >= 0.6 is 0 Å². The summed E-state index contributed by atoms with van der Waals surface area (Å²) in [7, 11) is 0. The Kier molecular flexibility index (Phi) is 3.81. The van der Waals surface area contributed by atoms with Gasteiger partial charge in [-0.3, -0.25) is 0 Å². The maximum Gasteiger partial charge on any atom is 0.157 e. The van der Waals surface area contributed by atoms with Crippen molar-refractivity contribution in [2.75, 3.05) is 5.32 Å². The van der Waals surface area contributed by atoms with Crippen molar-refractivity contribution < 1.29 is 8.81 Å². The smallest absolute Gasteiger partial charge is 0.157 e. The van der Waals surface area contributed by atoms with Gasteiger partial charge in [0.2, 0.25) is 0 Å². The number of H-pyrrole nitrogens is 1. The van der Waals surface area contributed by atoms with Crippen LogP contribution in [0, 0.1) is 12.7 Å². The summed E-state index contributed by atoms with van der Waals surface area (Å²) in [6.45, 7) is 4.02. The number of hydrogen-bond acceptors (Lipinski definition) is 5. The molecule has 3 rings (SSSR count). The number of nitrogens with one attached hydrogen (secondary N) is 2. The van der Waals surface area contributed by atoms with Gasteiger partial charge in [0.15, 0.2) is 5.82 Å². The first-order valence-electron chi connectivity index (χ1n) is 7.11. The van der Waals surface area contributed by atoms with E-state index < -0.39 is 0 Å². The lowest BCUT2D eigenvalue weighted by molar-refractivity contribution is 0.518. The van der Waals surface area contributed by atoms with E-state index in [0.29, 0.717) is 41.3 Å². The predicted octanol–water partition coefficient (Wildman–Crippen LogP) is 2.50. The maximum absolute atomic E-state index is 14.6. The summed E-state index contributed by atoms with van der Waals surface area (Å²) < 4.78 is 19.9. The SMILES string of the molecule is Cc1nc(NCc2ccco2)c2c(F)c(C[C@H](C)N)[nH]c2n1. The van der Waals surface area contributed by atoms with E-state index in [4.69, 9.17) is 10.2 Å². The molecule has 0 saturated carbocycles. The van der Waals surface area contributed by atoms with Crippen molar-refractivity contribution >= 4 is 16.9 Å². The zero-order valence-corrected chi connectivity index (χ0v) is 12.5. The molecule has 0 bridgehead atoms. The molecule has 0 saturated heterocycles. The van der Waals surface area contributed by atoms with Gasteiger partial charge in [0, 0.05) is 12.5 Å². The van der Waals surface area contributed by atoms with Crippen molar-refractivity contribution in [1.29, 1.82) is 0 Å². The molecule has 0 unspecified atom stereocenters. The Morgan fingerprint density at radius 1 is 1.45 bits per heavy atom. The van der Waals surface area contributed by atoms with E-state index in [1.54, 1.807) is 19.3 Å². The Balaban J connectivity index is 1.99. The van der Waals surface area contributed by atoms with Crippen molar-refractivity contribution in [3.63, 3.8) is 0 Å². The highest BCUT2D eigenvalue weighted by molar-refractivity contribution is 5.88. The molecule has 116 valence electrons. The quantitative estimate of drug-likeness (QED) is 0.673. The molecule has 3 aromatic heterocycles. The fourth-order valence-corrected chi connectivity index (χ4v) is 2.39. The lowest BCUT2D eigenvalue weighted by Gasteiger charge is -2.06. The average Bonchev–Trinajstić information content (AvgIpc) is 3.05.